The zero-order chi connectivity index (χ0) is 20.6. The second kappa shape index (κ2) is 7.38. The molecule has 152 valence electrons. The van der Waals surface area contributed by atoms with Crippen molar-refractivity contribution in [2.45, 2.75) is 31.9 Å². The minimum atomic E-state index is -4.45. The summed E-state index contributed by atoms with van der Waals surface area (Å²) in [6.45, 7) is 2.78. The highest BCUT2D eigenvalue weighted by Crippen LogP contribution is 2.31. The average Bonchev–Trinajstić information content (AvgIpc) is 3.31. The lowest BCUT2D eigenvalue weighted by molar-refractivity contribution is -0.137. The number of furan rings is 1. The van der Waals surface area contributed by atoms with Gasteiger partial charge >= 0.3 is 6.18 Å². The Labute approximate surface area is 164 Å². The van der Waals surface area contributed by atoms with Crippen LogP contribution in [0.3, 0.4) is 0 Å². The minimum absolute atomic E-state index is 0.173. The van der Waals surface area contributed by atoms with Crippen LogP contribution in [0.2, 0.25) is 0 Å². The zero-order valence-electron chi connectivity index (χ0n) is 15.7. The summed E-state index contributed by atoms with van der Waals surface area (Å²) in [6.07, 6.45) is 1.09. The maximum absolute atomic E-state index is 13.1. The van der Waals surface area contributed by atoms with Gasteiger partial charge in [-0.2, -0.15) is 13.2 Å². The first-order valence-corrected chi connectivity index (χ1v) is 9.26. The monoisotopic (exact) mass is 404 g/mol. The molecule has 0 aromatic carbocycles. The molecule has 1 aliphatic rings. The van der Waals surface area contributed by atoms with Crippen molar-refractivity contribution in [1.29, 1.82) is 0 Å². The number of carbonyl (C=O) groups is 1. The first-order valence-electron chi connectivity index (χ1n) is 9.26. The topological polar surface area (TPSA) is 63.6 Å². The van der Waals surface area contributed by atoms with Crippen molar-refractivity contribution in [1.82, 2.24) is 19.5 Å². The molecule has 1 amide bonds. The van der Waals surface area contributed by atoms with Gasteiger partial charge in [0.15, 0.2) is 5.65 Å². The SMILES string of the molecule is Cc1ccc(/C=C/C(=O)N2CCCC(c3nnc4ccc(C(F)(F)F)cn34)C2)o1. The number of fused-ring (bicyclic) bond motifs is 1. The first kappa shape index (κ1) is 19.2. The van der Waals surface area contributed by atoms with Gasteiger partial charge in [-0.1, -0.05) is 0 Å². The summed E-state index contributed by atoms with van der Waals surface area (Å²) in [4.78, 5) is 14.2. The van der Waals surface area contributed by atoms with Gasteiger partial charge in [0, 0.05) is 31.3 Å². The largest absolute Gasteiger partial charge is 0.462 e. The highest BCUT2D eigenvalue weighted by molar-refractivity contribution is 5.91. The van der Waals surface area contributed by atoms with E-state index in [1.54, 1.807) is 17.0 Å². The molecule has 4 rings (SSSR count). The second-order valence-corrected chi connectivity index (χ2v) is 7.11. The molecule has 4 heterocycles. The number of pyridine rings is 1. The Morgan fingerprint density at radius 2 is 2.07 bits per heavy atom. The van der Waals surface area contributed by atoms with E-state index in [-0.39, 0.29) is 11.8 Å². The van der Waals surface area contributed by atoms with Crippen LogP contribution >= 0.6 is 0 Å². The quantitative estimate of drug-likeness (QED) is 0.618. The number of carbonyl (C=O) groups excluding carboxylic acids is 1. The number of hydrogen-bond acceptors (Lipinski definition) is 4. The summed E-state index contributed by atoms with van der Waals surface area (Å²) < 4.78 is 46.0. The molecule has 1 unspecified atom stereocenters. The molecule has 1 aliphatic heterocycles. The number of aromatic nitrogens is 3. The number of amides is 1. The van der Waals surface area contributed by atoms with E-state index in [2.05, 4.69) is 10.2 Å². The van der Waals surface area contributed by atoms with Crippen LogP contribution in [0.4, 0.5) is 13.2 Å². The molecule has 1 saturated heterocycles. The van der Waals surface area contributed by atoms with Crippen molar-refractivity contribution in [3.8, 4) is 0 Å². The third kappa shape index (κ3) is 4.03. The van der Waals surface area contributed by atoms with E-state index in [0.29, 0.717) is 30.3 Å². The van der Waals surface area contributed by atoms with Crippen molar-refractivity contribution in [3.05, 3.63) is 59.4 Å². The fourth-order valence-corrected chi connectivity index (χ4v) is 3.54. The van der Waals surface area contributed by atoms with Gasteiger partial charge in [-0.3, -0.25) is 9.20 Å². The predicted molar refractivity (Wildman–Crippen MR) is 99.0 cm³/mol. The van der Waals surface area contributed by atoms with Gasteiger partial charge in [-0.15, -0.1) is 10.2 Å². The van der Waals surface area contributed by atoms with E-state index < -0.39 is 11.7 Å². The third-order valence-electron chi connectivity index (χ3n) is 5.01. The van der Waals surface area contributed by atoms with Crippen LogP contribution < -0.4 is 0 Å². The Hall–Kier alpha value is -3.10. The summed E-state index contributed by atoms with van der Waals surface area (Å²) in [5.74, 6) is 1.42. The number of nitrogens with zero attached hydrogens (tertiary/aromatic N) is 4. The Bertz CT molecular complexity index is 1070. The van der Waals surface area contributed by atoms with Crippen LogP contribution in [0.15, 0.2) is 41.0 Å². The van der Waals surface area contributed by atoms with Gasteiger partial charge in [-0.25, -0.2) is 0 Å². The van der Waals surface area contributed by atoms with Crippen LogP contribution in [0.25, 0.3) is 11.7 Å². The van der Waals surface area contributed by atoms with Crippen molar-refractivity contribution in [3.63, 3.8) is 0 Å². The molecule has 0 radical (unpaired) electrons. The maximum atomic E-state index is 13.1. The molecule has 0 aliphatic carbocycles. The van der Waals surface area contributed by atoms with E-state index >= 15 is 0 Å². The van der Waals surface area contributed by atoms with Gasteiger partial charge in [0.05, 0.1) is 5.56 Å². The molecule has 0 spiro atoms. The van der Waals surface area contributed by atoms with Gasteiger partial charge < -0.3 is 9.32 Å². The third-order valence-corrected chi connectivity index (χ3v) is 5.01. The zero-order valence-corrected chi connectivity index (χ0v) is 15.7. The van der Waals surface area contributed by atoms with Crippen LogP contribution in [-0.2, 0) is 11.0 Å². The number of likely N-dealkylation sites (tertiary alicyclic amines) is 1. The fourth-order valence-electron chi connectivity index (χ4n) is 3.54. The Morgan fingerprint density at radius 1 is 1.24 bits per heavy atom. The smallest absolute Gasteiger partial charge is 0.417 e. The summed E-state index contributed by atoms with van der Waals surface area (Å²) in [7, 11) is 0. The number of alkyl halides is 3. The van der Waals surface area contributed by atoms with E-state index in [0.717, 1.165) is 30.9 Å². The molecular formula is C20H19F3N4O2. The van der Waals surface area contributed by atoms with Crippen molar-refractivity contribution in [2.24, 2.45) is 0 Å². The molecule has 0 saturated carbocycles. The second-order valence-electron chi connectivity index (χ2n) is 7.11. The molecular weight excluding hydrogens is 385 g/mol. The van der Waals surface area contributed by atoms with E-state index in [4.69, 9.17) is 4.42 Å². The van der Waals surface area contributed by atoms with Crippen LogP contribution in [-0.4, -0.2) is 38.5 Å². The first-order chi connectivity index (χ1) is 13.8. The van der Waals surface area contributed by atoms with Crippen LogP contribution in [0, 0.1) is 6.92 Å². The lowest BCUT2D eigenvalue weighted by atomic mass is 9.97. The fraction of sp³-hybridized carbons (Fsp3) is 0.350. The Morgan fingerprint density at radius 3 is 2.79 bits per heavy atom. The Balaban J connectivity index is 1.53. The van der Waals surface area contributed by atoms with Crippen molar-refractivity contribution >= 4 is 17.6 Å². The summed E-state index contributed by atoms with van der Waals surface area (Å²) >= 11 is 0. The van der Waals surface area contributed by atoms with Crippen LogP contribution in [0.1, 0.15) is 41.7 Å². The molecule has 29 heavy (non-hydrogen) atoms. The molecule has 0 N–H and O–H groups in total. The normalized spacial score (nSPS) is 18.1. The van der Waals surface area contributed by atoms with E-state index in [1.165, 1.54) is 16.5 Å². The van der Waals surface area contributed by atoms with Crippen molar-refractivity contribution < 1.29 is 22.4 Å². The highest BCUT2D eigenvalue weighted by Gasteiger charge is 2.32. The number of rotatable bonds is 3. The minimum Gasteiger partial charge on any atom is -0.462 e. The molecule has 0 bridgehead atoms. The molecule has 9 heteroatoms. The standard InChI is InChI=1S/C20H19F3N4O2/c1-13-4-6-16(29-13)7-9-18(28)26-10-2-3-14(11-26)19-25-24-17-8-5-15(12-27(17)19)20(21,22)23/h4-9,12,14H,2-3,10-11H2,1H3/b9-7+. The number of hydrogen-bond donors (Lipinski definition) is 0. The summed E-state index contributed by atoms with van der Waals surface area (Å²) in [5.41, 5.74) is -0.406. The van der Waals surface area contributed by atoms with Gasteiger partial charge in [0.25, 0.3) is 0 Å². The lowest BCUT2D eigenvalue weighted by Crippen LogP contribution is -2.38. The lowest BCUT2D eigenvalue weighted by Gasteiger charge is -2.31. The predicted octanol–water partition coefficient (Wildman–Crippen LogP) is 4.07. The molecule has 6 nitrogen and oxygen atoms in total. The summed E-state index contributed by atoms with van der Waals surface area (Å²) in [5, 5.41) is 8.09. The van der Waals surface area contributed by atoms with Gasteiger partial charge in [0.2, 0.25) is 5.91 Å². The number of aryl methyl sites for hydroxylation is 1. The highest BCUT2D eigenvalue weighted by atomic mass is 19.4. The molecule has 3 aromatic heterocycles. The van der Waals surface area contributed by atoms with Gasteiger partial charge in [-0.05, 0) is 50.1 Å². The van der Waals surface area contributed by atoms with Gasteiger partial charge in [0.1, 0.15) is 17.3 Å². The maximum Gasteiger partial charge on any atom is 0.417 e. The summed E-state index contributed by atoms with van der Waals surface area (Å²) in [6, 6.07) is 5.89. The molecule has 3 aromatic rings. The molecule has 1 fully saturated rings. The van der Waals surface area contributed by atoms with Crippen molar-refractivity contribution in [2.75, 3.05) is 13.1 Å². The van der Waals surface area contributed by atoms with E-state index in [9.17, 15) is 18.0 Å². The average molecular weight is 404 g/mol. The number of piperidine rings is 1. The van der Waals surface area contributed by atoms with E-state index in [1.807, 2.05) is 13.0 Å². The number of halogens is 3. The van der Waals surface area contributed by atoms with Crippen LogP contribution in [0.5, 0.6) is 0 Å². The molecule has 1 atom stereocenters. The Kier molecular flexibility index (Phi) is 4.89.